The third-order valence-electron chi connectivity index (χ3n) is 4.76. The highest BCUT2D eigenvalue weighted by Crippen LogP contribution is 2.46. The van der Waals surface area contributed by atoms with Gasteiger partial charge in [0.2, 0.25) is 0 Å². The summed E-state index contributed by atoms with van der Waals surface area (Å²) >= 11 is 0. The number of carbonyl (C=O) groups is 1. The number of rotatable bonds is 10. The van der Waals surface area contributed by atoms with Gasteiger partial charge in [-0.15, -0.1) is 0 Å². The summed E-state index contributed by atoms with van der Waals surface area (Å²) in [7, 11) is 1.50. The molecule has 5 nitrogen and oxygen atoms in total. The van der Waals surface area contributed by atoms with Crippen LogP contribution < -0.4 is 9.47 Å². The van der Waals surface area contributed by atoms with E-state index in [1.54, 1.807) is 12.1 Å². The molecule has 1 fully saturated rings. The van der Waals surface area contributed by atoms with E-state index in [-0.39, 0.29) is 17.7 Å². The van der Waals surface area contributed by atoms with E-state index in [0.29, 0.717) is 19.0 Å². The second kappa shape index (κ2) is 8.39. The van der Waals surface area contributed by atoms with Crippen molar-refractivity contribution in [1.82, 2.24) is 0 Å². The summed E-state index contributed by atoms with van der Waals surface area (Å²) in [6, 6.07) is 13.3. The van der Waals surface area contributed by atoms with Crippen molar-refractivity contribution < 1.29 is 28.5 Å². The van der Waals surface area contributed by atoms with Crippen molar-refractivity contribution >= 4 is 5.97 Å². The molecule has 0 aliphatic heterocycles. The zero-order chi connectivity index (χ0) is 19.3. The van der Waals surface area contributed by atoms with Gasteiger partial charge in [0.05, 0.1) is 25.7 Å². The van der Waals surface area contributed by atoms with Crippen molar-refractivity contribution in [2.24, 2.45) is 5.41 Å². The summed E-state index contributed by atoms with van der Waals surface area (Å²) in [4.78, 5) is 10.9. The van der Waals surface area contributed by atoms with Gasteiger partial charge in [0.25, 0.3) is 0 Å². The van der Waals surface area contributed by atoms with Gasteiger partial charge in [-0.2, -0.15) is 0 Å². The van der Waals surface area contributed by atoms with Gasteiger partial charge in [0.15, 0.2) is 0 Å². The minimum absolute atomic E-state index is 0.00850. The zero-order valence-corrected chi connectivity index (χ0v) is 15.2. The maximum absolute atomic E-state index is 12.9. The number of ether oxygens (including phenoxy) is 3. The molecule has 0 radical (unpaired) electrons. The number of methoxy groups -OCH3 is 1. The lowest BCUT2D eigenvalue weighted by atomic mass is 10.1. The third-order valence-corrected chi connectivity index (χ3v) is 4.76. The average Bonchev–Trinajstić information content (AvgIpc) is 3.45. The van der Waals surface area contributed by atoms with Crippen LogP contribution in [-0.2, 0) is 9.53 Å². The molecule has 0 amide bonds. The Morgan fingerprint density at radius 1 is 1.04 bits per heavy atom. The molecule has 0 spiro atoms. The molecular formula is C21H23FO5. The SMILES string of the molecule is COC(CC(=O)O)c1ccc(OCC2(COc3ccc(F)cc3)CC2)cc1. The van der Waals surface area contributed by atoms with Crippen LogP contribution in [0.1, 0.15) is 30.9 Å². The first-order valence-corrected chi connectivity index (χ1v) is 8.85. The summed E-state index contributed by atoms with van der Waals surface area (Å²) in [6.45, 7) is 1.07. The van der Waals surface area contributed by atoms with Crippen molar-refractivity contribution in [3.8, 4) is 11.5 Å². The summed E-state index contributed by atoms with van der Waals surface area (Å²) < 4.78 is 29.8. The molecule has 3 rings (SSSR count). The van der Waals surface area contributed by atoms with E-state index in [2.05, 4.69) is 0 Å². The van der Waals surface area contributed by atoms with Gasteiger partial charge < -0.3 is 19.3 Å². The Morgan fingerprint density at radius 2 is 1.56 bits per heavy atom. The second-order valence-electron chi connectivity index (χ2n) is 6.92. The Balaban J connectivity index is 1.50. The lowest BCUT2D eigenvalue weighted by molar-refractivity contribution is -0.139. The lowest BCUT2D eigenvalue weighted by Crippen LogP contribution is -2.21. The van der Waals surface area contributed by atoms with Crippen LogP contribution in [0.4, 0.5) is 4.39 Å². The Hall–Kier alpha value is -2.60. The average molecular weight is 374 g/mol. The molecule has 1 N–H and O–H groups in total. The van der Waals surface area contributed by atoms with E-state index in [4.69, 9.17) is 19.3 Å². The Labute approximate surface area is 157 Å². The number of hydrogen-bond donors (Lipinski definition) is 1. The van der Waals surface area contributed by atoms with Crippen LogP contribution in [-0.4, -0.2) is 31.4 Å². The quantitative estimate of drug-likeness (QED) is 0.674. The predicted octanol–water partition coefficient (Wildman–Crippen LogP) is 4.23. The van der Waals surface area contributed by atoms with Crippen LogP contribution in [0, 0.1) is 11.2 Å². The maximum Gasteiger partial charge on any atom is 0.306 e. The van der Waals surface area contributed by atoms with Crippen LogP contribution in [0.25, 0.3) is 0 Å². The van der Waals surface area contributed by atoms with Crippen molar-refractivity contribution in [2.75, 3.05) is 20.3 Å². The van der Waals surface area contributed by atoms with Crippen molar-refractivity contribution in [1.29, 1.82) is 0 Å². The molecule has 27 heavy (non-hydrogen) atoms. The van der Waals surface area contributed by atoms with Gasteiger partial charge in [0, 0.05) is 12.5 Å². The predicted molar refractivity (Wildman–Crippen MR) is 97.5 cm³/mol. The molecule has 0 bridgehead atoms. The third kappa shape index (κ3) is 5.44. The van der Waals surface area contributed by atoms with Crippen molar-refractivity contribution in [2.45, 2.75) is 25.4 Å². The van der Waals surface area contributed by atoms with Gasteiger partial charge >= 0.3 is 5.97 Å². The highest BCUT2D eigenvalue weighted by molar-refractivity contribution is 5.67. The number of carboxylic acids is 1. The van der Waals surface area contributed by atoms with Gasteiger partial charge in [-0.25, -0.2) is 4.39 Å². The summed E-state index contributed by atoms with van der Waals surface area (Å²) in [5.74, 6) is 0.182. The molecule has 0 saturated heterocycles. The molecule has 144 valence electrons. The Kier molecular flexibility index (Phi) is 5.96. The molecule has 0 aromatic heterocycles. The normalized spacial score (nSPS) is 15.8. The molecule has 1 aliphatic carbocycles. The number of benzene rings is 2. The van der Waals surface area contributed by atoms with E-state index >= 15 is 0 Å². The van der Waals surface area contributed by atoms with E-state index < -0.39 is 12.1 Å². The Bertz CT molecular complexity index is 753. The molecule has 1 atom stereocenters. The minimum atomic E-state index is -0.904. The van der Waals surface area contributed by atoms with Crippen LogP contribution in [0.15, 0.2) is 48.5 Å². The van der Waals surface area contributed by atoms with Gasteiger partial charge in [-0.1, -0.05) is 12.1 Å². The number of halogens is 1. The first-order chi connectivity index (χ1) is 13.0. The molecule has 6 heteroatoms. The fourth-order valence-electron chi connectivity index (χ4n) is 2.79. The van der Waals surface area contributed by atoms with Crippen molar-refractivity contribution in [3.05, 3.63) is 59.9 Å². The highest BCUT2D eigenvalue weighted by atomic mass is 19.1. The monoisotopic (exact) mass is 374 g/mol. The smallest absolute Gasteiger partial charge is 0.306 e. The van der Waals surface area contributed by atoms with Crippen LogP contribution in [0.3, 0.4) is 0 Å². The molecule has 1 aliphatic rings. The summed E-state index contributed by atoms with van der Waals surface area (Å²) in [6.07, 6.45) is 1.49. The molecule has 2 aromatic carbocycles. The van der Waals surface area contributed by atoms with Gasteiger partial charge in [-0.3, -0.25) is 4.79 Å². The van der Waals surface area contributed by atoms with E-state index in [1.807, 2.05) is 24.3 Å². The fraction of sp³-hybridized carbons (Fsp3) is 0.381. The maximum atomic E-state index is 12.9. The van der Waals surface area contributed by atoms with Gasteiger partial charge in [0.1, 0.15) is 17.3 Å². The van der Waals surface area contributed by atoms with Gasteiger partial charge in [-0.05, 0) is 54.8 Å². The zero-order valence-electron chi connectivity index (χ0n) is 15.2. The molecular weight excluding hydrogens is 351 g/mol. The molecule has 1 unspecified atom stereocenters. The molecule has 2 aromatic rings. The van der Waals surface area contributed by atoms with Crippen LogP contribution in [0.2, 0.25) is 0 Å². The minimum Gasteiger partial charge on any atom is -0.493 e. The van der Waals surface area contributed by atoms with Crippen LogP contribution >= 0.6 is 0 Å². The standard InChI is InChI=1S/C21H23FO5/c1-25-19(12-20(23)24)15-2-6-17(7-3-15)26-13-21(10-11-21)14-27-18-8-4-16(22)5-9-18/h2-9,19H,10-14H2,1H3,(H,23,24). The topological polar surface area (TPSA) is 65.0 Å². The van der Waals surface area contributed by atoms with E-state index in [0.717, 1.165) is 24.2 Å². The molecule has 0 heterocycles. The first kappa shape index (κ1) is 19.2. The summed E-state index contributed by atoms with van der Waals surface area (Å²) in [5, 5.41) is 8.92. The van der Waals surface area contributed by atoms with Crippen molar-refractivity contribution in [3.63, 3.8) is 0 Å². The largest absolute Gasteiger partial charge is 0.493 e. The molecule has 1 saturated carbocycles. The first-order valence-electron chi connectivity index (χ1n) is 8.85. The van der Waals surface area contributed by atoms with Crippen LogP contribution in [0.5, 0.6) is 11.5 Å². The lowest BCUT2D eigenvalue weighted by Gasteiger charge is -2.18. The fourth-order valence-corrected chi connectivity index (χ4v) is 2.79. The second-order valence-corrected chi connectivity index (χ2v) is 6.92. The highest BCUT2D eigenvalue weighted by Gasteiger charge is 2.44. The Morgan fingerprint density at radius 3 is 2.00 bits per heavy atom. The van der Waals surface area contributed by atoms with E-state index in [9.17, 15) is 9.18 Å². The number of carboxylic acid groups (broad SMARTS) is 1. The summed E-state index contributed by atoms with van der Waals surface area (Å²) in [5.41, 5.74) is 0.791. The number of aliphatic carboxylic acids is 1. The number of hydrogen-bond acceptors (Lipinski definition) is 4. The van der Waals surface area contributed by atoms with E-state index in [1.165, 1.54) is 19.2 Å².